The van der Waals surface area contributed by atoms with Crippen molar-refractivity contribution in [3.63, 3.8) is 0 Å². The van der Waals surface area contributed by atoms with E-state index in [2.05, 4.69) is 5.32 Å². The molecule has 1 fully saturated rings. The van der Waals surface area contributed by atoms with Crippen molar-refractivity contribution < 1.29 is 17.4 Å². The summed E-state index contributed by atoms with van der Waals surface area (Å²) in [5.41, 5.74) is 0.684. The second-order valence-corrected chi connectivity index (χ2v) is 7.99. The maximum absolute atomic E-state index is 12.2. The summed E-state index contributed by atoms with van der Waals surface area (Å²) >= 11 is 6.77. The van der Waals surface area contributed by atoms with Gasteiger partial charge in [-0.2, -0.15) is 8.42 Å². The van der Waals surface area contributed by atoms with Crippen molar-refractivity contribution >= 4 is 50.6 Å². The Labute approximate surface area is 153 Å². The second-order valence-electron chi connectivity index (χ2n) is 4.95. The third-order valence-electron chi connectivity index (χ3n) is 3.15. The molecule has 0 spiro atoms. The quantitative estimate of drug-likeness (QED) is 0.613. The second kappa shape index (κ2) is 6.91. The van der Waals surface area contributed by atoms with Crippen LogP contribution in [0.3, 0.4) is 0 Å². The Morgan fingerprint density at radius 3 is 2.28 bits per heavy atom. The highest BCUT2D eigenvalue weighted by Gasteiger charge is 2.22. The topological polar surface area (TPSA) is 96.3 Å². The molecule has 128 valence electrons. The molecule has 6 nitrogen and oxygen atoms in total. The van der Waals surface area contributed by atoms with E-state index < -0.39 is 10.1 Å². The van der Waals surface area contributed by atoms with Gasteiger partial charge < -0.3 is 9.50 Å². The van der Waals surface area contributed by atoms with Gasteiger partial charge in [0, 0.05) is 5.02 Å². The Hall–Kier alpha value is -2.29. The summed E-state index contributed by atoms with van der Waals surface area (Å²) in [4.78, 5) is 12.0. The van der Waals surface area contributed by atoms with Crippen molar-refractivity contribution in [3.05, 3.63) is 64.0 Å². The number of carbonyl (C=O) groups is 1. The number of thioether (sulfide) groups is 1. The maximum Gasteiger partial charge on any atom is 0.339 e. The molecule has 0 unspecified atom stereocenters. The van der Waals surface area contributed by atoms with Crippen LogP contribution in [0, 0.1) is 5.41 Å². The van der Waals surface area contributed by atoms with Crippen molar-refractivity contribution in [3.8, 4) is 5.75 Å². The molecule has 25 heavy (non-hydrogen) atoms. The van der Waals surface area contributed by atoms with Gasteiger partial charge in [0.1, 0.15) is 10.6 Å². The third kappa shape index (κ3) is 4.22. The molecule has 1 aliphatic heterocycles. The number of rotatable bonds is 4. The van der Waals surface area contributed by atoms with Gasteiger partial charge in [-0.25, -0.2) is 0 Å². The van der Waals surface area contributed by atoms with E-state index in [1.54, 1.807) is 18.2 Å². The molecule has 9 heteroatoms. The summed E-state index contributed by atoms with van der Waals surface area (Å²) in [7, 11) is -3.95. The lowest BCUT2D eigenvalue weighted by Gasteiger charge is -2.07. The number of hydrogen-bond donors (Lipinski definition) is 2. The van der Waals surface area contributed by atoms with Crippen molar-refractivity contribution in [1.82, 2.24) is 5.32 Å². The normalized spacial score (nSPS) is 16.1. The van der Waals surface area contributed by atoms with Gasteiger partial charge in [-0.1, -0.05) is 23.7 Å². The molecule has 0 aliphatic carbocycles. The molecule has 1 heterocycles. The van der Waals surface area contributed by atoms with Crippen LogP contribution >= 0.6 is 23.4 Å². The van der Waals surface area contributed by atoms with Gasteiger partial charge >= 0.3 is 10.1 Å². The first kappa shape index (κ1) is 17.5. The monoisotopic (exact) mass is 394 g/mol. The van der Waals surface area contributed by atoms with Crippen molar-refractivity contribution in [2.45, 2.75) is 4.90 Å². The van der Waals surface area contributed by atoms with Gasteiger partial charge in [-0.15, -0.1) is 0 Å². The zero-order valence-corrected chi connectivity index (χ0v) is 14.9. The number of nitrogens with one attached hydrogen (secondary N) is 2. The van der Waals surface area contributed by atoms with Crippen LogP contribution in [-0.2, 0) is 14.9 Å². The minimum atomic E-state index is -3.95. The Bertz CT molecular complexity index is 968. The van der Waals surface area contributed by atoms with Crippen LogP contribution in [0.25, 0.3) is 6.08 Å². The lowest BCUT2D eigenvalue weighted by Crippen LogP contribution is -2.18. The third-order valence-corrected chi connectivity index (χ3v) is 5.49. The number of amides is 1. The highest BCUT2D eigenvalue weighted by atomic mass is 35.5. The fourth-order valence-corrected chi connectivity index (χ4v) is 3.75. The molecule has 1 saturated heterocycles. The molecule has 0 radical (unpaired) electrons. The molecule has 1 amide bonds. The van der Waals surface area contributed by atoms with Crippen molar-refractivity contribution in [1.29, 1.82) is 5.41 Å². The predicted octanol–water partition coefficient (Wildman–Crippen LogP) is 3.25. The molecule has 2 aromatic carbocycles. The summed E-state index contributed by atoms with van der Waals surface area (Å²) < 4.78 is 29.5. The molecule has 0 bridgehead atoms. The Morgan fingerprint density at radius 1 is 1.08 bits per heavy atom. The molecule has 0 saturated carbocycles. The van der Waals surface area contributed by atoms with Gasteiger partial charge in [-0.3, -0.25) is 10.2 Å². The predicted molar refractivity (Wildman–Crippen MR) is 97.1 cm³/mol. The Balaban J connectivity index is 1.77. The minimum absolute atomic E-state index is 0.000587. The van der Waals surface area contributed by atoms with E-state index in [9.17, 15) is 13.2 Å². The van der Waals surface area contributed by atoms with E-state index in [-0.39, 0.29) is 21.7 Å². The van der Waals surface area contributed by atoms with Gasteiger partial charge in [0.2, 0.25) is 0 Å². The first-order valence-corrected chi connectivity index (χ1v) is 9.53. The van der Waals surface area contributed by atoms with Crippen LogP contribution in [-0.4, -0.2) is 19.5 Å². The summed E-state index contributed by atoms with van der Waals surface area (Å²) in [5.74, 6) is -0.186. The molecule has 1 aliphatic rings. The van der Waals surface area contributed by atoms with Crippen LogP contribution < -0.4 is 9.50 Å². The summed E-state index contributed by atoms with van der Waals surface area (Å²) in [5, 5.41) is 10.3. The highest BCUT2D eigenvalue weighted by Crippen LogP contribution is 2.26. The molecular weight excluding hydrogens is 384 g/mol. The maximum atomic E-state index is 12.2. The van der Waals surface area contributed by atoms with Gasteiger partial charge in [0.05, 0.1) is 4.91 Å². The molecule has 0 aromatic heterocycles. The van der Waals surface area contributed by atoms with Crippen molar-refractivity contribution in [2.75, 3.05) is 0 Å². The van der Waals surface area contributed by atoms with Gasteiger partial charge in [-0.05, 0) is 59.8 Å². The zero-order valence-electron chi connectivity index (χ0n) is 12.5. The number of halogens is 1. The first-order chi connectivity index (χ1) is 11.8. The SMILES string of the molecule is N=C1NC(=O)/C(=C/c2ccc(OS(=O)(=O)c3ccc(Cl)cc3)cc2)S1. The van der Waals surface area contributed by atoms with Crippen molar-refractivity contribution in [2.24, 2.45) is 0 Å². The summed E-state index contributed by atoms with van der Waals surface area (Å²) in [6, 6.07) is 11.9. The Kier molecular flexibility index (Phi) is 4.85. The van der Waals surface area contributed by atoms with Crippen LogP contribution in [0.5, 0.6) is 5.75 Å². The van der Waals surface area contributed by atoms with Crippen LogP contribution in [0.15, 0.2) is 58.3 Å². The first-order valence-electron chi connectivity index (χ1n) is 6.93. The van der Waals surface area contributed by atoms with E-state index in [1.165, 1.54) is 36.4 Å². The van der Waals surface area contributed by atoms with E-state index in [0.717, 1.165) is 11.8 Å². The Morgan fingerprint density at radius 2 is 1.72 bits per heavy atom. The average Bonchev–Trinajstić information content (AvgIpc) is 2.87. The lowest BCUT2D eigenvalue weighted by atomic mass is 10.2. The standard InChI is InChI=1S/C16H11ClN2O4S2/c17-11-3-7-13(8-4-11)25(21,22)23-12-5-1-10(2-6-12)9-14-15(20)19-16(18)24-14/h1-9H,(H2,18,19,20)/b14-9-. The molecule has 0 atom stereocenters. The average molecular weight is 395 g/mol. The van der Waals surface area contributed by atoms with Crippen LogP contribution in [0.2, 0.25) is 5.02 Å². The summed E-state index contributed by atoms with van der Waals surface area (Å²) in [6.07, 6.45) is 1.61. The van der Waals surface area contributed by atoms with E-state index >= 15 is 0 Å². The number of benzene rings is 2. The largest absolute Gasteiger partial charge is 0.379 e. The van der Waals surface area contributed by atoms with E-state index in [1.807, 2.05) is 0 Å². The number of amidine groups is 1. The van der Waals surface area contributed by atoms with Gasteiger partial charge in [0.25, 0.3) is 5.91 Å². The fraction of sp³-hybridized carbons (Fsp3) is 0. The lowest BCUT2D eigenvalue weighted by molar-refractivity contribution is -0.115. The molecule has 2 aromatic rings. The zero-order chi connectivity index (χ0) is 18.0. The number of hydrogen-bond acceptors (Lipinski definition) is 6. The molecule has 2 N–H and O–H groups in total. The molecule has 3 rings (SSSR count). The summed E-state index contributed by atoms with van der Waals surface area (Å²) in [6.45, 7) is 0. The minimum Gasteiger partial charge on any atom is -0.379 e. The fourth-order valence-electron chi connectivity index (χ4n) is 1.99. The van der Waals surface area contributed by atoms with Gasteiger partial charge in [0.15, 0.2) is 5.17 Å². The number of carbonyl (C=O) groups excluding carboxylic acids is 1. The molecular formula is C16H11ClN2O4S2. The van der Waals surface area contributed by atoms with E-state index in [0.29, 0.717) is 15.5 Å². The highest BCUT2D eigenvalue weighted by molar-refractivity contribution is 8.18. The van der Waals surface area contributed by atoms with Crippen LogP contribution in [0.4, 0.5) is 0 Å². The van der Waals surface area contributed by atoms with Crippen LogP contribution in [0.1, 0.15) is 5.56 Å². The van der Waals surface area contributed by atoms with E-state index in [4.69, 9.17) is 21.2 Å². The smallest absolute Gasteiger partial charge is 0.339 e.